The summed E-state index contributed by atoms with van der Waals surface area (Å²) in [4.78, 5) is 10.7. The number of piperazine rings is 1. The monoisotopic (exact) mass is 172 g/mol. The maximum atomic E-state index is 10.7. The van der Waals surface area contributed by atoms with Gasteiger partial charge in [-0.25, -0.2) is 0 Å². The van der Waals surface area contributed by atoms with Gasteiger partial charge in [0.25, 0.3) is 0 Å². The second-order valence-corrected chi connectivity index (χ2v) is 3.52. The van der Waals surface area contributed by atoms with E-state index < -0.39 is 12.0 Å². The number of nitrogens with one attached hydrogen (secondary N) is 2. The molecule has 0 saturated carbocycles. The Hall–Kier alpha value is -0.610. The van der Waals surface area contributed by atoms with Gasteiger partial charge in [0, 0.05) is 18.1 Å². The van der Waals surface area contributed by atoms with Crippen LogP contribution in [-0.4, -0.2) is 35.2 Å². The zero-order valence-corrected chi connectivity index (χ0v) is 7.66. The van der Waals surface area contributed by atoms with Gasteiger partial charge in [0.1, 0.15) is 6.04 Å². The Balaban J connectivity index is 2.61. The van der Waals surface area contributed by atoms with Crippen molar-refractivity contribution in [1.29, 1.82) is 0 Å². The number of carboxylic acids is 1. The molecule has 1 aliphatic rings. The maximum absolute atomic E-state index is 10.7. The molecular weight excluding hydrogens is 156 g/mol. The number of rotatable bonds is 1. The molecule has 70 valence electrons. The third kappa shape index (κ3) is 1.76. The normalized spacial score (nSPS) is 42.6. The molecule has 4 atom stereocenters. The summed E-state index contributed by atoms with van der Waals surface area (Å²) in [6.07, 6.45) is 0. The highest BCUT2D eigenvalue weighted by atomic mass is 16.4. The molecule has 0 unspecified atom stereocenters. The second-order valence-electron chi connectivity index (χ2n) is 3.52. The van der Waals surface area contributed by atoms with Gasteiger partial charge in [-0.2, -0.15) is 0 Å². The summed E-state index contributed by atoms with van der Waals surface area (Å²) >= 11 is 0. The van der Waals surface area contributed by atoms with Crippen LogP contribution in [0.5, 0.6) is 0 Å². The maximum Gasteiger partial charge on any atom is 0.322 e. The number of hydrogen-bond acceptors (Lipinski definition) is 3. The quantitative estimate of drug-likeness (QED) is 0.512. The van der Waals surface area contributed by atoms with Crippen LogP contribution in [0.2, 0.25) is 0 Å². The number of carboxylic acid groups (broad SMARTS) is 1. The van der Waals surface area contributed by atoms with Crippen molar-refractivity contribution in [3.05, 3.63) is 0 Å². The van der Waals surface area contributed by atoms with Crippen LogP contribution in [-0.2, 0) is 4.79 Å². The Kier molecular flexibility index (Phi) is 2.69. The lowest BCUT2D eigenvalue weighted by Gasteiger charge is -2.37. The van der Waals surface area contributed by atoms with Gasteiger partial charge in [0.15, 0.2) is 0 Å². The van der Waals surface area contributed by atoms with Crippen molar-refractivity contribution in [3.63, 3.8) is 0 Å². The molecule has 1 rings (SSSR count). The first kappa shape index (κ1) is 9.48. The molecule has 1 fully saturated rings. The SMILES string of the molecule is C[C@@H]1N[C@H](C)[C@H](C)N[C@@H]1C(=O)O. The third-order valence-electron chi connectivity index (χ3n) is 2.48. The van der Waals surface area contributed by atoms with Gasteiger partial charge in [-0.1, -0.05) is 0 Å². The van der Waals surface area contributed by atoms with E-state index in [4.69, 9.17) is 5.11 Å². The third-order valence-corrected chi connectivity index (χ3v) is 2.48. The lowest BCUT2D eigenvalue weighted by molar-refractivity contribution is -0.141. The van der Waals surface area contributed by atoms with E-state index in [1.54, 1.807) is 0 Å². The van der Waals surface area contributed by atoms with Crippen LogP contribution in [0.4, 0.5) is 0 Å². The molecule has 4 nitrogen and oxygen atoms in total. The molecule has 0 bridgehead atoms. The van der Waals surface area contributed by atoms with Crippen LogP contribution in [0.1, 0.15) is 20.8 Å². The molecule has 0 aromatic heterocycles. The van der Waals surface area contributed by atoms with Crippen LogP contribution in [0.25, 0.3) is 0 Å². The largest absolute Gasteiger partial charge is 0.480 e. The summed E-state index contributed by atoms with van der Waals surface area (Å²) in [6.45, 7) is 5.92. The zero-order chi connectivity index (χ0) is 9.30. The lowest BCUT2D eigenvalue weighted by atomic mass is 10.00. The van der Waals surface area contributed by atoms with E-state index in [1.165, 1.54) is 0 Å². The highest BCUT2D eigenvalue weighted by Gasteiger charge is 2.33. The summed E-state index contributed by atoms with van der Waals surface area (Å²) in [5, 5.41) is 15.1. The molecule has 0 aromatic rings. The van der Waals surface area contributed by atoms with E-state index in [-0.39, 0.29) is 12.1 Å². The van der Waals surface area contributed by atoms with Crippen LogP contribution >= 0.6 is 0 Å². The fourth-order valence-corrected chi connectivity index (χ4v) is 1.51. The minimum absolute atomic E-state index is 0.00583. The number of carbonyl (C=O) groups is 1. The molecule has 3 N–H and O–H groups in total. The Morgan fingerprint density at radius 2 is 1.58 bits per heavy atom. The molecular formula is C8H16N2O2. The second kappa shape index (κ2) is 3.41. The van der Waals surface area contributed by atoms with Gasteiger partial charge in [-0.15, -0.1) is 0 Å². The van der Waals surface area contributed by atoms with E-state index in [0.717, 1.165) is 0 Å². The average Bonchev–Trinajstić information content (AvgIpc) is 1.96. The van der Waals surface area contributed by atoms with Crippen molar-refractivity contribution >= 4 is 5.97 Å². The number of hydrogen-bond donors (Lipinski definition) is 3. The molecule has 12 heavy (non-hydrogen) atoms. The van der Waals surface area contributed by atoms with E-state index in [2.05, 4.69) is 10.6 Å². The molecule has 4 heteroatoms. The molecule has 0 amide bonds. The van der Waals surface area contributed by atoms with Gasteiger partial charge in [0.05, 0.1) is 0 Å². The van der Waals surface area contributed by atoms with Crippen molar-refractivity contribution in [2.45, 2.75) is 44.9 Å². The molecule has 1 saturated heterocycles. The number of aliphatic carboxylic acids is 1. The highest BCUT2D eigenvalue weighted by molar-refractivity contribution is 5.74. The Morgan fingerprint density at radius 1 is 1.08 bits per heavy atom. The topological polar surface area (TPSA) is 61.4 Å². The van der Waals surface area contributed by atoms with Gasteiger partial charge in [0.2, 0.25) is 0 Å². The predicted octanol–water partition coefficient (Wildman–Crippen LogP) is -0.202. The van der Waals surface area contributed by atoms with Crippen molar-refractivity contribution in [2.24, 2.45) is 0 Å². The molecule has 1 aliphatic heterocycles. The van der Waals surface area contributed by atoms with Gasteiger partial charge >= 0.3 is 5.97 Å². The molecule has 0 aliphatic carbocycles. The van der Waals surface area contributed by atoms with E-state index in [1.807, 2.05) is 20.8 Å². The molecule has 1 heterocycles. The molecule has 0 aromatic carbocycles. The Morgan fingerprint density at radius 3 is 2.08 bits per heavy atom. The summed E-state index contributed by atoms with van der Waals surface area (Å²) in [7, 11) is 0. The first-order valence-corrected chi connectivity index (χ1v) is 4.27. The predicted molar refractivity (Wildman–Crippen MR) is 46.1 cm³/mol. The zero-order valence-electron chi connectivity index (χ0n) is 7.66. The van der Waals surface area contributed by atoms with E-state index >= 15 is 0 Å². The van der Waals surface area contributed by atoms with Crippen LogP contribution in [0.15, 0.2) is 0 Å². The lowest BCUT2D eigenvalue weighted by Crippen LogP contribution is -2.65. The standard InChI is InChI=1S/C8H16N2O2/c1-4-5(2)10-7(8(11)12)6(3)9-4/h4-7,9-10H,1-3H3,(H,11,12)/t4-,5+,6+,7+/m1/s1. The van der Waals surface area contributed by atoms with Gasteiger partial charge in [-0.05, 0) is 20.8 Å². The average molecular weight is 172 g/mol. The summed E-state index contributed by atoms with van der Waals surface area (Å²) in [5.41, 5.74) is 0. The van der Waals surface area contributed by atoms with E-state index in [0.29, 0.717) is 6.04 Å². The van der Waals surface area contributed by atoms with Crippen molar-refractivity contribution in [3.8, 4) is 0 Å². The Labute approximate surface area is 72.3 Å². The van der Waals surface area contributed by atoms with Crippen molar-refractivity contribution < 1.29 is 9.90 Å². The fourth-order valence-electron chi connectivity index (χ4n) is 1.51. The molecule has 0 radical (unpaired) electrons. The van der Waals surface area contributed by atoms with Crippen molar-refractivity contribution in [1.82, 2.24) is 10.6 Å². The Bertz CT molecular complexity index is 184. The molecule has 0 spiro atoms. The first-order valence-electron chi connectivity index (χ1n) is 4.27. The summed E-state index contributed by atoms with van der Waals surface area (Å²) in [6, 6.07) is 0.0720. The van der Waals surface area contributed by atoms with Crippen LogP contribution < -0.4 is 10.6 Å². The smallest absolute Gasteiger partial charge is 0.322 e. The minimum atomic E-state index is -0.784. The fraction of sp³-hybridized carbons (Fsp3) is 0.875. The first-order chi connectivity index (χ1) is 5.52. The van der Waals surface area contributed by atoms with Crippen LogP contribution in [0, 0.1) is 0 Å². The summed E-state index contributed by atoms with van der Waals surface area (Å²) in [5.74, 6) is -0.784. The summed E-state index contributed by atoms with van der Waals surface area (Å²) < 4.78 is 0. The van der Waals surface area contributed by atoms with Gasteiger partial charge < -0.3 is 10.4 Å². The van der Waals surface area contributed by atoms with Crippen molar-refractivity contribution in [2.75, 3.05) is 0 Å². The highest BCUT2D eigenvalue weighted by Crippen LogP contribution is 2.07. The van der Waals surface area contributed by atoms with E-state index in [9.17, 15) is 4.79 Å². The minimum Gasteiger partial charge on any atom is -0.480 e. The van der Waals surface area contributed by atoms with Crippen LogP contribution in [0.3, 0.4) is 0 Å². The van der Waals surface area contributed by atoms with Gasteiger partial charge in [-0.3, -0.25) is 10.1 Å².